The zero-order valence-electron chi connectivity index (χ0n) is 12.8. The van der Waals surface area contributed by atoms with Crippen molar-refractivity contribution in [1.82, 2.24) is 4.90 Å². The monoisotopic (exact) mass is 291 g/mol. The van der Waals surface area contributed by atoms with Gasteiger partial charge in [-0.25, -0.2) is 0 Å². The number of amides is 1. The molecule has 1 amide bonds. The Labute approximate surface area is 126 Å². The maximum absolute atomic E-state index is 12.0. The molecular weight excluding hydrogens is 266 g/mol. The molecular formula is C17H25NO3. The van der Waals surface area contributed by atoms with Crippen LogP contribution in [0.5, 0.6) is 5.75 Å². The van der Waals surface area contributed by atoms with E-state index in [1.165, 1.54) is 5.56 Å². The van der Waals surface area contributed by atoms with E-state index in [9.17, 15) is 9.90 Å². The molecule has 0 aliphatic carbocycles. The summed E-state index contributed by atoms with van der Waals surface area (Å²) < 4.78 is 5.13. The quantitative estimate of drug-likeness (QED) is 0.819. The molecule has 1 fully saturated rings. The lowest BCUT2D eigenvalue weighted by atomic mass is 10.1. The number of likely N-dealkylation sites (tertiary alicyclic amines) is 1. The van der Waals surface area contributed by atoms with Gasteiger partial charge in [-0.3, -0.25) is 4.79 Å². The highest BCUT2D eigenvalue weighted by Crippen LogP contribution is 2.15. The number of nitrogens with zero attached hydrogens (tertiary/aromatic N) is 1. The smallest absolute Gasteiger partial charge is 0.222 e. The number of hydrogen-bond acceptors (Lipinski definition) is 3. The molecule has 0 spiro atoms. The lowest BCUT2D eigenvalue weighted by Crippen LogP contribution is -2.42. The van der Waals surface area contributed by atoms with Crippen LogP contribution < -0.4 is 4.74 Å². The third kappa shape index (κ3) is 5.05. The first kappa shape index (κ1) is 15.8. The van der Waals surface area contributed by atoms with E-state index in [0.717, 1.165) is 44.4 Å². The number of hydrogen-bond donors (Lipinski definition) is 1. The summed E-state index contributed by atoms with van der Waals surface area (Å²) in [4.78, 5) is 13.8. The van der Waals surface area contributed by atoms with Crippen molar-refractivity contribution in [1.29, 1.82) is 0 Å². The summed E-state index contributed by atoms with van der Waals surface area (Å²) in [5.41, 5.74) is 1.27. The summed E-state index contributed by atoms with van der Waals surface area (Å²) in [6.07, 6.45) is 4.89. The van der Waals surface area contributed by atoms with Gasteiger partial charge in [0, 0.05) is 19.5 Å². The molecule has 116 valence electrons. The van der Waals surface area contributed by atoms with E-state index in [0.29, 0.717) is 13.0 Å². The van der Waals surface area contributed by atoms with Crippen LogP contribution in [-0.2, 0) is 11.2 Å². The number of carbonyl (C=O) groups excluding carboxylic acids is 1. The average molecular weight is 291 g/mol. The van der Waals surface area contributed by atoms with Gasteiger partial charge >= 0.3 is 0 Å². The van der Waals surface area contributed by atoms with Gasteiger partial charge in [0.1, 0.15) is 5.75 Å². The molecule has 1 N–H and O–H groups in total. The van der Waals surface area contributed by atoms with Crippen molar-refractivity contribution < 1.29 is 14.6 Å². The molecule has 1 atom stereocenters. The van der Waals surface area contributed by atoms with Crippen LogP contribution >= 0.6 is 0 Å². The van der Waals surface area contributed by atoms with E-state index >= 15 is 0 Å². The number of aliphatic hydroxyl groups excluding tert-OH is 1. The highest BCUT2D eigenvalue weighted by Gasteiger charge is 2.21. The van der Waals surface area contributed by atoms with E-state index in [1.54, 1.807) is 7.11 Å². The maximum Gasteiger partial charge on any atom is 0.222 e. The molecule has 1 heterocycles. The van der Waals surface area contributed by atoms with Gasteiger partial charge in [-0.15, -0.1) is 0 Å². The van der Waals surface area contributed by atoms with Crippen LogP contribution in [0.15, 0.2) is 24.3 Å². The SMILES string of the molecule is COc1ccc(CCCCC(=O)N2CCCC(O)C2)cc1. The minimum absolute atomic E-state index is 0.184. The van der Waals surface area contributed by atoms with Crippen molar-refractivity contribution in [3.63, 3.8) is 0 Å². The fourth-order valence-electron chi connectivity index (χ4n) is 2.74. The Morgan fingerprint density at radius 1 is 1.33 bits per heavy atom. The van der Waals surface area contributed by atoms with Gasteiger partial charge in [0.2, 0.25) is 5.91 Å². The molecule has 1 saturated heterocycles. The number of aryl methyl sites for hydroxylation is 1. The fourth-order valence-corrected chi connectivity index (χ4v) is 2.74. The minimum Gasteiger partial charge on any atom is -0.497 e. The summed E-state index contributed by atoms with van der Waals surface area (Å²) in [7, 11) is 1.66. The van der Waals surface area contributed by atoms with E-state index in [4.69, 9.17) is 4.74 Å². The van der Waals surface area contributed by atoms with Crippen molar-refractivity contribution in [2.75, 3.05) is 20.2 Å². The van der Waals surface area contributed by atoms with Gasteiger partial charge in [0.15, 0.2) is 0 Å². The van der Waals surface area contributed by atoms with Gasteiger partial charge in [0.25, 0.3) is 0 Å². The second-order valence-corrected chi connectivity index (χ2v) is 5.69. The Balaban J connectivity index is 1.65. The summed E-state index contributed by atoms with van der Waals surface area (Å²) in [5, 5.41) is 9.59. The van der Waals surface area contributed by atoms with Gasteiger partial charge in [0.05, 0.1) is 13.2 Å². The largest absolute Gasteiger partial charge is 0.497 e. The molecule has 1 aliphatic heterocycles. The zero-order chi connectivity index (χ0) is 15.1. The van der Waals surface area contributed by atoms with Crippen molar-refractivity contribution in [2.24, 2.45) is 0 Å². The van der Waals surface area contributed by atoms with Crippen LogP contribution in [0, 0.1) is 0 Å². The Morgan fingerprint density at radius 2 is 2.10 bits per heavy atom. The molecule has 4 heteroatoms. The van der Waals surface area contributed by atoms with Crippen LogP contribution in [0.1, 0.15) is 37.7 Å². The molecule has 0 bridgehead atoms. The molecule has 1 aromatic rings. The van der Waals surface area contributed by atoms with E-state index < -0.39 is 0 Å². The second-order valence-electron chi connectivity index (χ2n) is 5.69. The molecule has 1 unspecified atom stereocenters. The maximum atomic E-state index is 12.0. The van der Waals surface area contributed by atoms with Crippen LogP contribution in [0.2, 0.25) is 0 Å². The van der Waals surface area contributed by atoms with Gasteiger partial charge in [-0.1, -0.05) is 12.1 Å². The van der Waals surface area contributed by atoms with Gasteiger partial charge in [-0.05, 0) is 49.8 Å². The highest BCUT2D eigenvalue weighted by molar-refractivity contribution is 5.76. The van der Waals surface area contributed by atoms with Crippen LogP contribution in [0.25, 0.3) is 0 Å². The number of benzene rings is 1. The number of ether oxygens (including phenoxy) is 1. The standard InChI is InChI=1S/C17H25NO3/c1-21-16-10-8-14(9-11-16)5-2-3-7-17(20)18-12-4-6-15(19)13-18/h8-11,15,19H,2-7,12-13H2,1H3. The Kier molecular flexibility index (Phi) is 6.05. The molecule has 1 aliphatic rings. The lowest BCUT2D eigenvalue weighted by Gasteiger charge is -2.30. The molecule has 0 aromatic heterocycles. The normalized spacial score (nSPS) is 18.6. The fraction of sp³-hybridized carbons (Fsp3) is 0.588. The summed E-state index contributed by atoms with van der Waals surface area (Å²) in [6, 6.07) is 8.08. The van der Waals surface area contributed by atoms with E-state index in [1.807, 2.05) is 17.0 Å². The number of piperidine rings is 1. The lowest BCUT2D eigenvalue weighted by molar-refractivity contribution is -0.134. The molecule has 1 aromatic carbocycles. The number of carbonyl (C=O) groups is 1. The molecule has 2 rings (SSSR count). The van der Waals surface area contributed by atoms with Crippen molar-refractivity contribution in [3.8, 4) is 5.75 Å². The van der Waals surface area contributed by atoms with Crippen LogP contribution in [0.4, 0.5) is 0 Å². The Bertz CT molecular complexity index is 444. The van der Waals surface area contributed by atoms with Crippen molar-refractivity contribution in [2.45, 2.75) is 44.6 Å². The van der Waals surface area contributed by atoms with Gasteiger partial charge in [-0.2, -0.15) is 0 Å². The first-order chi connectivity index (χ1) is 10.2. The van der Waals surface area contributed by atoms with Gasteiger partial charge < -0.3 is 14.7 Å². The predicted molar refractivity (Wildman–Crippen MR) is 82.4 cm³/mol. The summed E-state index contributed by atoms with van der Waals surface area (Å²) in [5.74, 6) is 1.06. The third-order valence-electron chi connectivity index (χ3n) is 4.01. The molecule has 21 heavy (non-hydrogen) atoms. The third-order valence-corrected chi connectivity index (χ3v) is 4.01. The first-order valence-electron chi connectivity index (χ1n) is 7.78. The predicted octanol–water partition coefficient (Wildman–Crippen LogP) is 2.39. The number of methoxy groups -OCH3 is 1. The number of aliphatic hydroxyl groups is 1. The molecule has 0 saturated carbocycles. The number of β-amino-alcohol motifs (C(OH)–C–C–N with tert-alkyl or cyclic N) is 1. The molecule has 4 nitrogen and oxygen atoms in total. The minimum atomic E-state index is -0.331. The topological polar surface area (TPSA) is 49.8 Å². The molecule has 0 radical (unpaired) electrons. The van der Waals surface area contributed by atoms with Crippen molar-refractivity contribution >= 4 is 5.91 Å². The average Bonchev–Trinajstić information content (AvgIpc) is 2.52. The Morgan fingerprint density at radius 3 is 2.76 bits per heavy atom. The highest BCUT2D eigenvalue weighted by atomic mass is 16.5. The second kappa shape index (κ2) is 8.03. The van der Waals surface area contributed by atoms with E-state index in [-0.39, 0.29) is 12.0 Å². The summed E-state index contributed by atoms with van der Waals surface area (Å²) in [6.45, 7) is 1.31. The first-order valence-corrected chi connectivity index (χ1v) is 7.78. The zero-order valence-corrected chi connectivity index (χ0v) is 12.8. The van der Waals surface area contributed by atoms with Crippen LogP contribution in [-0.4, -0.2) is 42.2 Å². The van der Waals surface area contributed by atoms with Crippen LogP contribution in [0.3, 0.4) is 0 Å². The number of unbranched alkanes of at least 4 members (excludes halogenated alkanes) is 1. The number of rotatable bonds is 6. The Hall–Kier alpha value is -1.55. The summed E-state index contributed by atoms with van der Waals surface area (Å²) >= 11 is 0. The van der Waals surface area contributed by atoms with Crippen molar-refractivity contribution in [3.05, 3.63) is 29.8 Å². The van der Waals surface area contributed by atoms with E-state index in [2.05, 4.69) is 12.1 Å².